The molecule has 8 aromatic heterocycles. The second-order valence-corrected chi connectivity index (χ2v) is 20.8. The average Bonchev–Trinajstić information content (AvgIpc) is 4.58. The smallest absolute Gasteiger partial charge is 0.273 e. The highest BCUT2D eigenvalue weighted by Gasteiger charge is 2.31. The molecule has 1 aliphatic heterocycles. The van der Waals surface area contributed by atoms with Gasteiger partial charge in [-0.1, -0.05) is 84.9 Å². The van der Waals surface area contributed by atoms with Gasteiger partial charge in [-0.2, -0.15) is 0 Å². The number of pyridine rings is 4. The predicted octanol–water partition coefficient (Wildman–Crippen LogP) is 8.87. The Morgan fingerprint density at radius 3 is 0.919 bits per heavy atom. The first-order valence-corrected chi connectivity index (χ1v) is 28.4. The molecular formula is C64H62N14O8. The molecule has 0 saturated carbocycles. The standard InChI is InChI=1S/C64H62N14O8/c79-57-53-39-83-61(73-53)49(25-15-31-77(35-45-21-7-11-27-65-45)36-46-22-8-12-28-66-46)70-58(80)54-41-85-63(75-54)51(33-43-17-3-1-4-18-43)72-60(82)56-42-86-64(76-56)52(34-44-19-5-2-6-20-44)71-59(81)55-40-84-62(74-55)50(69-57)26-16-32-78(37-47-23-9-13-29-67-47)38-48-24-10-14-30-68-48/h1-14,17-24,27-30,39-42,49-52H,15-16,25-26,31-38H2,(H,69,79)(H,70,80)(H,71,81)(H,72,82)/t49-,50-,51-,52-/m0/s1. The Morgan fingerprint density at radius 1 is 0.349 bits per heavy atom. The van der Waals surface area contributed by atoms with Crippen molar-refractivity contribution in [2.75, 3.05) is 13.1 Å². The summed E-state index contributed by atoms with van der Waals surface area (Å²) in [5, 5.41) is 12.1. The van der Waals surface area contributed by atoms with E-state index in [2.05, 4.69) is 66.0 Å². The Bertz CT molecular complexity index is 3560. The summed E-state index contributed by atoms with van der Waals surface area (Å²) in [6.07, 6.45) is 14.0. The summed E-state index contributed by atoms with van der Waals surface area (Å²) in [7, 11) is 0. The van der Waals surface area contributed by atoms with Crippen molar-refractivity contribution in [3.63, 3.8) is 0 Å². The fourth-order valence-electron chi connectivity index (χ4n) is 10.1. The SMILES string of the molecule is O=C1N[C@@H](Cc2ccccc2)c2nc(co2)C(=O)N[C@@H](Cc2ccccc2)c2nc(co2)C(=O)N[C@@H](CCCN(Cc2ccccn2)Cc2ccccn2)c2nc(co2)C(=O)N[C@@H](CCCN(Cc2ccccn2)Cc2ccccn2)c2nc1co2. The van der Waals surface area contributed by atoms with Gasteiger partial charge in [0.05, 0.1) is 22.8 Å². The molecule has 22 heteroatoms. The summed E-state index contributed by atoms with van der Waals surface area (Å²) in [6, 6.07) is 38.3. The van der Waals surface area contributed by atoms with Crippen molar-refractivity contribution in [3.8, 4) is 0 Å². The molecule has 0 radical (unpaired) electrons. The highest BCUT2D eigenvalue weighted by atomic mass is 16.4. The highest BCUT2D eigenvalue weighted by molar-refractivity contribution is 5.94. The molecule has 0 saturated heterocycles. The van der Waals surface area contributed by atoms with Crippen LogP contribution in [0.2, 0.25) is 0 Å². The molecule has 11 rings (SSSR count). The number of amides is 4. The molecule has 8 bridgehead atoms. The molecule has 0 unspecified atom stereocenters. The Morgan fingerprint density at radius 2 is 0.628 bits per heavy atom. The maximum atomic E-state index is 14.6. The molecule has 0 aliphatic carbocycles. The van der Waals surface area contributed by atoms with E-state index in [1.165, 1.54) is 25.1 Å². The number of carbonyl (C=O) groups is 4. The van der Waals surface area contributed by atoms with E-state index < -0.39 is 47.8 Å². The molecule has 2 aromatic carbocycles. The number of nitrogens with one attached hydrogen (secondary N) is 4. The second-order valence-electron chi connectivity index (χ2n) is 20.8. The summed E-state index contributed by atoms with van der Waals surface area (Å²) < 4.78 is 24.2. The zero-order chi connectivity index (χ0) is 58.9. The summed E-state index contributed by atoms with van der Waals surface area (Å²) in [4.78, 5) is 99.1. The maximum Gasteiger partial charge on any atom is 0.273 e. The lowest BCUT2D eigenvalue weighted by molar-refractivity contribution is 0.0914. The molecule has 9 heterocycles. The van der Waals surface area contributed by atoms with E-state index in [1.54, 1.807) is 24.8 Å². The van der Waals surface area contributed by atoms with Crippen LogP contribution in [0.25, 0.3) is 0 Å². The molecule has 4 N–H and O–H groups in total. The lowest BCUT2D eigenvalue weighted by Crippen LogP contribution is -2.33. The first kappa shape index (κ1) is 57.5. The van der Waals surface area contributed by atoms with E-state index in [0.29, 0.717) is 65.0 Å². The molecule has 4 atom stereocenters. The number of oxazole rings is 4. The van der Waals surface area contributed by atoms with Crippen LogP contribution in [0.5, 0.6) is 0 Å². The van der Waals surface area contributed by atoms with Crippen molar-refractivity contribution in [2.45, 2.75) is 88.9 Å². The van der Waals surface area contributed by atoms with E-state index in [4.69, 9.17) is 22.7 Å². The molecule has 1 aliphatic rings. The number of carbonyl (C=O) groups excluding carboxylic acids is 4. The van der Waals surface area contributed by atoms with Crippen LogP contribution in [0, 0.1) is 0 Å². The van der Waals surface area contributed by atoms with E-state index in [9.17, 15) is 19.2 Å². The van der Waals surface area contributed by atoms with Crippen molar-refractivity contribution < 1.29 is 36.8 Å². The molecule has 86 heavy (non-hydrogen) atoms. The van der Waals surface area contributed by atoms with Crippen molar-refractivity contribution in [2.24, 2.45) is 0 Å². The van der Waals surface area contributed by atoms with E-state index >= 15 is 0 Å². The Hall–Kier alpha value is -10.3. The van der Waals surface area contributed by atoms with Crippen LogP contribution < -0.4 is 21.3 Å². The average molecular weight is 1160 g/mol. The normalized spacial score (nSPS) is 16.7. The second kappa shape index (κ2) is 28.3. The van der Waals surface area contributed by atoms with Crippen LogP contribution in [0.15, 0.2) is 201 Å². The van der Waals surface area contributed by atoms with Gasteiger partial charge in [-0.25, -0.2) is 19.9 Å². The first-order valence-electron chi connectivity index (χ1n) is 28.4. The highest BCUT2D eigenvalue weighted by Crippen LogP contribution is 2.27. The van der Waals surface area contributed by atoms with Gasteiger partial charge in [-0.15, -0.1) is 0 Å². The van der Waals surface area contributed by atoms with E-state index in [1.807, 2.05) is 133 Å². The predicted molar refractivity (Wildman–Crippen MR) is 311 cm³/mol. The number of benzene rings is 2. The number of aromatic nitrogens is 8. The fourth-order valence-corrected chi connectivity index (χ4v) is 10.1. The van der Waals surface area contributed by atoms with E-state index in [0.717, 1.165) is 33.9 Å². The molecule has 10 aromatic rings. The van der Waals surface area contributed by atoms with Gasteiger partial charge in [0.25, 0.3) is 23.6 Å². The maximum absolute atomic E-state index is 14.6. The van der Waals surface area contributed by atoms with Crippen LogP contribution in [-0.2, 0) is 39.0 Å². The van der Waals surface area contributed by atoms with Gasteiger partial charge < -0.3 is 38.9 Å². The van der Waals surface area contributed by atoms with Crippen LogP contribution in [0.1, 0.15) is 149 Å². The minimum atomic E-state index is -0.896. The molecular weight excluding hydrogens is 1090 g/mol. The zero-order valence-corrected chi connectivity index (χ0v) is 46.9. The quantitative estimate of drug-likeness (QED) is 0.0554. The minimum Gasteiger partial charge on any atom is -0.446 e. The van der Waals surface area contributed by atoms with Crippen molar-refractivity contribution >= 4 is 23.6 Å². The van der Waals surface area contributed by atoms with Crippen LogP contribution in [-0.4, -0.2) is 86.4 Å². The lowest BCUT2D eigenvalue weighted by Gasteiger charge is -2.23. The number of hydrogen-bond acceptors (Lipinski definition) is 18. The van der Waals surface area contributed by atoms with Crippen molar-refractivity contribution in [1.29, 1.82) is 0 Å². The third-order valence-electron chi connectivity index (χ3n) is 14.4. The largest absolute Gasteiger partial charge is 0.446 e. The minimum absolute atomic E-state index is 0.0433. The van der Waals surface area contributed by atoms with Crippen LogP contribution in [0.4, 0.5) is 0 Å². The van der Waals surface area contributed by atoms with Gasteiger partial charge in [0.1, 0.15) is 49.2 Å². The lowest BCUT2D eigenvalue weighted by atomic mass is 10.1. The Labute approximate surface area is 495 Å². The van der Waals surface area contributed by atoms with Gasteiger partial charge in [-0.05, 0) is 98.4 Å². The monoisotopic (exact) mass is 1150 g/mol. The van der Waals surface area contributed by atoms with Crippen molar-refractivity contribution in [3.05, 3.63) is 264 Å². The summed E-state index contributed by atoms with van der Waals surface area (Å²) in [6.45, 7) is 3.19. The van der Waals surface area contributed by atoms with E-state index in [-0.39, 0.29) is 59.2 Å². The molecule has 0 spiro atoms. The molecule has 436 valence electrons. The summed E-state index contributed by atoms with van der Waals surface area (Å²) >= 11 is 0. The third kappa shape index (κ3) is 15.7. The fraction of sp³-hybridized carbons (Fsp3) is 0.250. The molecule has 22 nitrogen and oxygen atoms in total. The van der Waals surface area contributed by atoms with Gasteiger partial charge in [0, 0.05) is 63.8 Å². The number of nitrogens with zero attached hydrogens (tertiary/aromatic N) is 10. The number of fused-ring (bicyclic) bond motifs is 8. The van der Waals surface area contributed by atoms with Gasteiger partial charge in [0.15, 0.2) is 22.8 Å². The topological polar surface area (TPSA) is 279 Å². The van der Waals surface area contributed by atoms with Crippen LogP contribution >= 0.6 is 0 Å². The summed E-state index contributed by atoms with van der Waals surface area (Å²) in [5.74, 6) is -2.31. The zero-order valence-electron chi connectivity index (χ0n) is 46.9. The molecule has 0 fully saturated rings. The third-order valence-corrected chi connectivity index (χ3v) is 14.4. The Kier molecular flexibility index (Phi) is 18.9. The van der Waals surface area contributed by atoms with Gasteiger partial charge >= 0.3 is 0 Å². The Balaban J connectivity index is 0.914. The van der Waals surface area contributed by atoms with Crippen LogP contribution in [0.3, 0.4) is 0 Å². The van der Waals surface area contributed by atoms with Gasteiger partial charge in [-0.3, -0.25) is 48.9 Å². The molecule has 4 amide bonds. The van der Waals surface area contributed by atoms with Gasteiger partial charge in [0.2, 0.25) is 23.6 Å². The summed E-state index contributed by atoms with van der Waals surface area (Å²) in [5.41, 5.74) is 4.82. The first-order chi connectivity index (χ1) is 42.2. The number of rotatable bonds is 20. The van der Waals surface area contributed by atoms with Crippen molar-refractivity contribution in [1.82, 2.24) is 70.9 Å². The number of hydrogen-bond donors (Lipinski definition) is 4.